The number of sulfone groups is 1. The number of amides is 1. The molecule has 1 heterocycles. The number of benzene rings is 2. The predicted octanol–water partition coefficient (Wildman–Crippen LogP) is 2.41. The highest BCUT2D eigenvalue weighted by atomic mass is 32.2. The topological polar surface area (TPSA) is 189 Å². The second-order valence-electron chi connectivity index (χ2n) is 13.5. The summed E-state index contributed by atoms with van der Waals surface area (Å²) in [4.78, 5) is 15.1. The molecule has 12 nitrogen and oxygen atoms in total. The zero-order chi connectivity index (χ0) is 36.4. The molecule has 7 N–H and O–H groups in total. The highest BCUT2D eigenvalue weighted by molar-refractivity contribution is 7.91. The van der Waals surface area contributed by atoms with Crippen LogP contribution in [0.2, 0.25) is 0 Å². The number of unbranched alkanes of at least 4 members (excludes halogenated alkanes) is 2. The predicted molar refractivity (Wildman–Crippen MR) is 191 cm³/mol. The van der Waals surface area contributed by atoms with Crippen molar-refractivity contribution < 1.29 is 43.5 Å². The van der Waals surface area contributed by atoms with Crippen molar-refractivity contribution in [3.8, 4) is 0 Å². The van der Waals surface area contributed by atoms with Crippen molar-refractivity contribution in [2.24, 2.45) is 5.41 Å². The second kappa shape index (κ2) is 18.6. The van der Waals surface area contributed by atoms with Crippen molar-refractivity contribution in [2.45, 2.75) is 100 Å². The summed E-state index contributed by atoms with van der Waals surface area (Å²) >= 11 is 0. The minimum absolute atomic E-state index is 0.0117. The summed E-state index contributed by atoms with van der Waals surface area (Å²) in [5.74, 6) is -0.967. The van der Waals surface area contributed by atoms with Crippen LogP contribution in [0.25, 0.3) is 0 Å². The first-order valence-corrected chi connectivity index (χ1v) is 18.9. The number of carbonyl (C=O) groups excluding carboxylic acids is 1. The number of ether oxygens (including phenoxy) is 1. The Morgan fingerprint density at radius 3 is 2.39 bits per heavy atom. The molecule has 0 unspecified atom stereocenters. The van der Waals surface area contributed by atoms with Crippen LogP contribution in [-0.2, 0) is 19.4 Å². The number of rotatable bonds is 19. The van der Waals surface area contributed by atoms with Crippen molar-refractivity contribution >= 4 is 27.1 Å². The first-order chi connectivity index (χ1) is 23.2. The van der Waals surface area contributed by atoms with E-state index >= 15 is 0 Å². The summed E-state index contributed by atoms with van der Waals surface area (Å²) in [7, 11) is 1.41. The summed E-state index contributed by atoms with van der Waals surface area (Å²) in [5.41, 5.74) is 1.81. The summed E-state index contributed by atoms with van der Waals surface area (Å²) in [6.45, 7) is 4.27. The number of hydrogen-bond donors (Lipinski definition) is 7. The molecule has 0 saturated carbocycles. The third-order valence-electron chi connectivity index (χ3n) is 9.70. The molecule has 3 rings (SSSR count). The fraction of sp³-hybridized carbons (Fsp3) is 0.639. The molecule has 0 aliphatic carbocycles. The number of hydrogen-bond acceptors (Lipinski definition) is 11. The number of anilines is 2. The molecule has 1 aliphatic heterocycles. The maximum Gasteiger partial charge on any atom is 0.224 e. The van der Waals surface area contributed by atoms with Crippen LogP contribution in [0.4, 0.5) is 11.4 Å². The molecule has 1 amide bonds. The number of nitrogens with one attached hydrogen (secondary N) is 2. The van der Waals surface area contributed by atoms with E-state index in [1.165, 1.54) is 7.11 Å². The van der Waals surface area contributed by atoms with Crippen molar-refractivity contribution in [1.29, 1.82) is 0 Å². The van der Waals surface area contributed by atoms with Crippen LogP contribution in [0.3, 0.4) is 0 Å². The number of aliphatic hydroxyl groups is 5. The Bertz CT molecular complexity index is 1460. The van der Waals surface area contributed by atoms with E-state index < -0.39 is 51.7 Å². The zero-order valence-electron chi connectivity index (χ0n) is 29.5. The van der Waals surface area contributed by atoms with Crippen molar-refractivity contribution in [1.82, 2.24) is 5.32 Å². The molecule has 276 valence electrons. The van der Waals surface area contributed by atoms with E-state index in [1.807, 2.05) is 44.1 Å². The quantitative estimate of drug-likeness (QED) is 0.106. The number of nitrogens with zero attached hydrogens (tertiary/aromatic N) is 1. The van der Waals surface area contributed by atoms with Gasteiger partial charge in [0.15, 0.2) is 9.84 Å². The van der Waals surface area contributed by atoms with Gasteiger partial charge in [0.25, 0.3) is 0 Å². The van der Waals surface area contributed by atoms with Gasteiger partial charge >= 0.3 is 0 Å². The number of methoxy groups -OCH3 is 1. The van der Waals surface area contributed by atoms with Gasteiger partial charge in [-0.1, -0.05) is 38.8 Å². The smallest absolute Gasteiger partial charge is 0.224 e. The van der Waals surface area contributed by atoms with Crippen LogP contribution in [-0.4, -0.2) is 117 Å². The van der Waals surface area contributed by atoms with Crippen molar-refractivity contribution in [2.75, 3.05) is 56.9 Å². The Morgan fingerprint density at radius 1 is 1.02 bits per heavy atom. The van der Waals surface area contributed by atoms with Crippen LogP contribution in [0.5, 0.6) is 0 Å². The van der Waals surface area contributed by atoms with Gasteiger partial charge in [-0.2, -0.15) is 0 Å². The monoisotopic (exact) mass is 707 g/mol. The molecule has 0 bridgehead atoms. The summed E-state index contributed by atoms with van der Waals surface area (Å²) in [6.07, 6.45) is -2.59. The lowest BCUT2D eigenvalue weighted by Gasteiger charge is -2.39. The van der Waals surface area contributed by atoms with Gasteiger partial charge in [-0.15, -0.1) is 0 Å². The van der Waals surface area contributed by atoms with Crippen LogP contribution < -0.4 is 15.5 Å². The number of carbonyl (C=O) groups is 1. The Kier molecular flexibility index (Phi) is 15.5. The Balaban J connectivity index is 1.72. The molecular weight excluding hydrogens is 650 g/mol. The van der Waals surface area contributed by atoms with E-state index in [2.05, 4.69) is 17.6 Å². The molecule has 49 heavy (non-hydrogen) atoms. The molecule has 0 radical (unpaired) electrons. The van der Waals surface area contributed by atoms with Gasteiger partial charge in [-0.05, 0) is 73.7 Å². The van der Waals surface area contributed by atoms with Gasteiger partial charge in [0.2, 0.25) is 5.91 Å². The third-order valence-corrected chi connectivity index (χ3v) is 11.7. The molecule has 2 aromatic carbocycles. The average molecular weight is 708 g/mol. The van der Waals surface area contributed by atoms with Crippen molar-refractivity contribution in [3.05, 3.63) is 53.6 Å². The molecule has 0 spiro atoms. The van der Waals surface area contributed by atoms with Gasteiger partial charge in [0, 0.05) is 56.9 Å². The largest absolute Gasteiger partial charge is 0.392 e. The van der Waals surface area contributed by atoms with Gasteiger partial charge in [-0.25, -0.2) is 8.42 Å². The molecule has 0 saturated heterocycles. The zero-order valence-corrected chi connectivity index (χ0v) is 30.3. The number of fused-ring (bicyclic) bond motifs is 1. The highest BCUT2D eigenvalue weighted by Crippen LogP contribution is 2.49. The minimum Gasteiger partial charge on any atom is -0.392 e. The van der Waals surface area contributed by atoms with Crippen LogP contribution in [0, 0.1) is 5.41 Å². The van der Waals surface area contributed by atoms with Crippen LogP contribution in [0.15, 0.2) is 47.4 Å². The normalized spacial score (nSPS) is 22.7. The summed E-state index contributed by atoms with van der Waals surface area (Å²) in [5, 5.41) is 58.0. The van der Waals surface area contributed by atoms with Crippen molar-refractivity contribution in [3.63, 3.8) is 0 Å². The molecule has 1 aliphatic rings. The van der Waals surface area contributed by atoms with Crippen LogP contribution in [0.1, 0.15) is 75.8 Å². The van der Waals surface area contributed by atoms with Crippen LogP contribution >= 0.6 is 0 Å². The highest BCUT2D eigenvalue weighted by Gasteiger charge is 2.49. The van der Waals surface area contributed by atoms with E-state index in [4.69, 9.17) is 4.74 Å². The van der Waals surface area contributed by atoms with E-state index in [-0.39, 0.29) is 36.1 Å². The van der Waals surface area contributed by atoms with Gasteiger partial charge in [0.05, 0.1) is 29.5 Å². The van der Waals surface area contributed by atoms with E-state index in [9.17, 15) is 38.7 Å². The van der Waals surface area contributed by atoms with E-state index in [0.29, 0.717) is 43.5 Å². The van der Waals surface area contributed by atoms with Gasteiger partial charge < -0.3 is 45.8 Å². The first kappa shape index (κ1) is 40.8. The maximum atomic E-state index is 13.9. The van der Waals surface area contributed by atoms with Gasteiger partial charge in [-0.3, -0.25) is 4.79 Å². The molecule has 2 aromatic rings. The van der Waals surface area contributed by atoms with Gasteiger partial charge in [0.1, 0.15) is 18.3 Å². The van der Waals surface area contributed by atoms with E-state index in [1.54, 1.807) is 24.3 Å². The second-order valence-corrected chi connectivity index (χ2v) is 15.5. The Morgan fingerprint density at radius 2 is 1.73 bits per heavy atom. The lowest BCUT2D eigenvalue weighted by Crippen LogP contribution is -2.49. The molecule has 0 fully saturated rings. The first-order valence-electron chi connectivity index (χ1n) is 17.2. The SMILES string of the molecule is CCCC[C@]1(CC)CS(=O)(=O)c2ccc(N(C)C)cc2[C@@H](c2cccc(NC(=O)CCCCNC[C@H](O)[C@@H](O)[C@H](O)[C@H](O)COC)c2)[C@H]1O. The lowest BCUT2D eigenvalue weighted by molar-refractivity contribution is -0.117. The minimum atomic E-state index is -3.72. The third kappa shape index (κ3) is 10.5. The summed E-state index contributed by atoms with van der Waals surface area (Å²) in [6, 6.07) is 12.6. The maximum absolute atomic E-state index is 13.9. The van der Waals surface area contributed by atoms with E-state index in [0.717, 1.165) is 24.1 Å². The lowest BCUT2D eigenvalue weighted by atomic mass is 9.69. The molecular formula is C36H57N3O9S. The standard InChI is InChI=1S/C36H57N3O9S/c1-6-8-17-36(7-2)23-49(46,47)30-16-15-26(39(3)4)20-27(30)32(35(36)45)24-12-11-13-25(19-24)38-31(42)14-9-10-18-37-21-28(40)33(43)34(44)29(41)22-48-5/h11-13,15-16,19-20,28-29,32-35,37,40-41,43-45H,6-10,14,17-18,21-23H2,1-5H3,(H,38,42)/t28-,29+,32+,33+,34+,35+,36+/m0/s1. The fourth-order valence-electron chi connectivity index (χ4n) is 6.67. The Labute approximate surface area is 291 Å². The fourth-order valence-corrected chi connectivity index (χ4v) is 8.92. The number of aliphatic hydroxyl groups excluding tert-OH is 5. The average Bonchev–Trinajstić information content (AvgIpc) is 3.14. The summed E-state index contributed by atoms with van der Waals surface area (Å²) < 4.78 is 32.6. The molecule has 13 heteroatoms. The Hall–Kier alpha value is -2.62. The molecule has 7 atom stereocenters. The molecule has 0 aromatic heterocycles.